The standard InChI is InChI=1S/C28H33NO11.C2HF3O/c1-13(24(32)33)21(38-15(3)31)26(35)37-14(2)25(34)39-18-7-8-28(36)19-11-16-5-6-17(12-30)22-20(16)27(28,23(18)40-22)9-10-29(19)4;3-2(4,5)1-6/h5-7,13-14,19,21,23,30,36H,8-12H2,1-4H3,(H,32,33);1H/t13-,14+,19-,21-,23+,27+,28-;/m1./s1. The Bertz CT molecular complexity index is 1460. The SMILES string of the molecule is CC(=O)O[C@@H](C(=O)O[C@@H](C)C(=O)OC1=CC[C@@]2(O)[C@H]3Cc4ccc(CO)c5c4[C@@]2(CCN3C)[C@H]1O5)[C@@H](C)C(=O)O.O=CC(F)(F)F. The fraction of sp³-hybridized carbons (Fsp3) is 0.567. The minimum atomic E-state index is -4.64. The first kappa shape index (κ1) is 34.8. The molecule has 4 aliphatic rings. The predicted molar refractivity (Wildman–Crippen MR) is 147 cm³/mol. The molecular weight excluding hydrogens is 623 g/mol. The van der Waals surface area contributed by atoms with Crippen molar-refractivity contribution < 1.29 is 71.4 Å². The van der Waals surface area contributed by atoms with Crippen molar-refractivity contribution >= 4 is 30.2 Å². The molecule has 2 heterocycles. The van der Waals surface area contributed by atoms with Crippen molar-refractivity contribution in [3.63, 3.8) is 0 Å². The van der Waals surface area contributed by atoms with Crippen molar-refractivity contribution in [3.8, 4) is 5.75 Å². The number of benzene rings is 1. The van der Waals surface area contributed by atoms with Gasteiger partial charge in [0.05, 0.1) is 17.6 Å². The van der Waals surface area contributed by atoms with Crippen LogP contribution in [-0.4, -0.2) is 100 Å². The number of ether oxygens (including phenoxy) is 4. The van der Waals surface area contributed by atoms with Crippen LogP contribution in [0.5, 0.6) is 5.75 Å². The second-order valence-electron chi connectivity index (χ2n) is 11.7. The summed E-state index contributed by atoms with van der Waals surface area (Å²) in [4.78, 5) is 59.4. The molecule has 2 bridgehead atoms. The molecule has 13 nitrogen and oxygen atoms in total. The van der Waals surface area contributed by atoms with Gasteiger partial charge in [0.1, 0.15) is 17.4 Å². The molecule has 1 saturated heterocycles. The number of carbonyl (C=O) groups excluding carboxylic acids is 4. The van der Waals surface area contributed by atoms with Crippen molar-refractivity contribution in [2.24, 2.45) is 5.92 Å². The number of aliphatic hydroxyl groups excluding tert-OH is 1. The first-order chi connectivity index (χ1) is 21.4. The molecule has 5 rings (SSSR count). The van der Waals surface area contributed by atoms with E-state index in [1.54, 1.807) is 12.1 Å². The van der Waals surface area contributed by atoms with Gasteiger partial charge in [0.25, 0.3) is 0 Å². The Morgan fingerprint density at radius 2 is 1.83 bits per heavy atom. The molecule has 0 aromatic heterocycles. The van der Waals surface area contributed by atoms with Gasteiger partial charge >= 0.3 is 30.1 Å². The Balaban J connectivity index is 0.000000731. The molecule has 0 amide bonds. The molecule has 0 radical (unpaired) electrons. The molecule has 16 heteroatoms. The molecule has 1 fully saturated rings. The molecule has 0 saturated carbocycles. The normalized spacial score (nSPS) is 27.6. The van der Waals surface area contributed by atoms with E-state index in [4.69, 9.17) is 23.7 Å². The Labute approximate surface area is 260 Å². The first-order valence-electron chi connectivity index (χ1n) is 14.3. The highest BCUT2D eigenvalue weighted by Gasteiger charge is 2.72. The van der Waals surface area contributed by atoms with Crippen LogP contribution in [0.3, 0.4) is 0 Å². The van der Waals surface area contributed by atoms with Gasteiger partial charge in [-0.1, -0.05) is 12.1 Å². The summed E-state index contributed by atoms with van der Waals surface area (Å²) in [5.74, 6) is -5.19. The number of halogens is 3. The zero-order valence-corrected chi connectivity index (χ0v) is 25.3. The minimum absolute atomic E-state index is 0.157. The monoisotopic (exact) mass is 657 g/mol. The number of aldehydes is 1. The summed E-state index contributed by atoms with van der Waals surface area (Å²) in [6.45, 7) is 3.86. The molecule has 1 spiro atoms. The molecular formula is C30H34F3NO12. The number of aliphatic carboxylic acids is 1. The summed E-state index contributed by atoms with van der Waals surface area (Å²) in [5, 5.41) is 31.5. The van der Waals surface area contributed by atoms with Crippen LogP contribution in [-0.2, 0) is 56.6 Å². The van der Waals surface area contributed by atoms with Crippen LogP contribution in [0.15, 0.2) is 24.0 Å². The molecule has 46 heavy (non-hydrogen) atoms. The first-order valence-corrected chi connectivity index (χ1v) is 14.3. The molecule has 1 aromatic carbocycles. The number of carboxylic acids is 1. The Morgan fingerprint density at radius 1 is 1.17 bits per heavy atom. The maximum Gasteiger partial charge on any atom is 0.446 e. The fourth-order valence-electron chi connectivity index (χ4n) is 6.78. The number of piperidine rings is 1. The van der Waals surface area contributed by atoms with E-state index in [1.807, 2.05) is 13.1 Å². The smallest absolute Gasteiger partial charge is 0.446 e. The highest BCUT2D eigenvalue weighted by atomic mass is 19.4. The van der Waals surface area contributed by atoms with Gasteiger partial charge in [0.15, 0.2) is 12.2 Å². The van der Waals surface area contributed by atoms with E-state index in [-0.39, 0.29) is 24.8 Å². The van der Waals surface area contributed by atoms with Gasteiger partial charge in [0.2, 0.25) is 12.4 Å². The van der Waals surface area contributed by atoms with Gasteiger partial charge in [-0.15, -0.1) is 0 Å². The fourth-order valence-corrected chi connectivity index (χ4v) is 6.78. The quantitative estimate of drug-likeness (QED) is 0.207. The lowest BCUT2D eigenvalue weighted by Gasteiger charge is -2.61. The third-order valence-electron chi connectivity index (χ3n) is 8.97. The molecule has 1 aromatic rings. The van der Waals surface area contributed by atoms with Crippen LogP contribution >= 0.6 is 0 Å². The highest BCUT2D eigenvalue weighted by molar-refractivity contribution is 5.87. The van der Waals surface area contributed by atoms with Gasteiger partial charge in [-0.3, -0.25) is 14.4 Å². The number of carbonyl (C=O) groups is 5. The number of likely N-dealkylation sites (N-methyl/N-ethyl adjacent to an activating group) is 1. The lowest BCUT2D eigenvalue weighted by Crippen LogP contribution is -2.74. The topological polar surface area (TPSA) is 186 Å². The summed E-state index contributed by atoms with van der Waals surface area (Å²) < 4.78 is 53.4. The van der Waals surface area contributed by atoms with Crippen LogP contribution in [0.1, 0.15) is 50.3 Å². The second-order valence-corrected chi connectivity index (χ2v) is 11.7. The highest BCUT2D eigenvalue weighted by Crippen LogP contribution is 2.64. The van der Waals surface area contributed by atoms with Crippen molar-refractivity contribution in [1.82, 2.24) is 4.90 Å². The number of carboxylic acid groups (broad SMARTS) is 1. The predicted octanol–water partition coefficient (Wildman–Crippen LogP) is 1.33. The molecule has 7 atom stereocenters. The van der Waals surface area contributed by atoms with Gasteiger partial charge < -0.3 is 39.2 Å². The summed E-state index contributed by atoms with van der Waals surface area (Å²) in [5.41, 5.74) is 0.285. The number of alkyl halides is 3. The van der Waals surface area contributed by atoms with Crippen LogP contribution in [0.4, 0.5) is 13.2 Å². The van der Waals surface area contributed by atoms with E-state index >= 15 is 0 Å². The molecule has 2 aliphatic carbocycles. The lowest BCUT2D eigenvalue weighted by molar-refractivity contribution is -0.184. The Hall–Kier alpha value is -4.02. The van der Waals surface area contributed by atoms with Crippen LogP contribution in [0.25, 0.3) is 0 Å². The van der Waals surface area contributed by atoms with Crippen LogP contribution in [0, 0.1) is 5.92 Å². The molecule has 2 aliphatic heterocycles. The summed E-state index contributed by atoms with van der Waals surface area (Å²) in [6.07, 6.45) is -6.87. The minimum Gasteiger partial charge on any atom is -0.481 e. The zero-order valence-electron chi connectivity index (χ0n) is 25.3. The third kappa shape index (κ3) is 5.96. The number of likely N-dealkylation sites (tertiary alicyclic amines) is 1. The number of hydrogen-bond donors (Lipinski definition) is 3. The third-order valence-corrected chi connectivity index (χ3v) is 8.97. The largest absolute Gasteiger partial charge is 0.481 e. The number of nitrogens with zero attached hydrogens (tertiary/aromatic N) is 1. The van der Waals surface area contributed by atoms with Gasteiger partial charge in [-0.05, 0) is 51.9 Å². The van der Waals surface area contributed by atoms with Crippen molar-refractivity contribution in [1.29, 1.82) is 0 Å². The second kappa shape index (κ2) is 12.6. The summed E-state index contributed by atoms with van der Waals surface area (Å²) >= 11 is 0. The Kier molecular flexibility index (Phi) is 9.58. The van der Waals surface area contributed by atoms with Crippen molar-refractivity contribution in [3.05, 3.63) is 40.7 Å². The van der Waals surface area contributed by atoms with E-state index in [9.17, 15) is 47.7 Å². The van der Waals surface area contributed by atoms with Gasteiger partial charge in [-0.2, -0.15) is 13.2 Å². The van der Waals surface area contributed by atoms with E-state index in [1.165, 1.54) is 13.8 Å². The maximum atomic E-state index is 13.1. The molecule has 3 N–H and O–H groups in total. The summed E-state index contributed by atoms with van der Waals surface area (Å²) in [7, 11) is 1.97. The number of rotatable bonds is 8. The van der Waals surface area contributed by atoms with E-state index in [2.05, 4.69) is 4.90 Å². The number of hydrogen-bond acceptors (Lipinski definition) is 12. The van der Waals surface area contributed by atoms with Gasteiger partial charge in [-0.25, -0.2) is 9.59 Å². The van der Waals surface area contributed by atoms with Crippen LogP contribution in [0.2, 0.25) is 0 Å². The van der Waals surface area contributed by atoms with E-state index in [0.29, 0.717) is 30.7 Å². The van der Waals surface area contributed by atoms with E-state index in [0.717, 1.165) is 18.1 Å². The lowest BCUT2D eigenvalue weighted by atomic mass is 9.50. The average molecular weight is 658 g/mol. The molecule has 0 unspecified atom stereocenters. The zero-order chi connectivity index (χ0) is 34.4. The van der Waals surface area contributed by atoms with Gasteiger partial charge in [0, 0.05) is 30.5 Å². The van der Waals surface area contributed by atoms with Crippen molar-refractivity contribution in [2.75, 3.05) is 13.6 Å². The number of aliphatic hydroxyl groups is 2. The Morgan fingerprint density at radius 3 is 2.39 bits per heavy atom. The van der Waals surface area contributed by atoms with E-state index < -0.39 is 71.6 Å². The molecule has 252 valence electrons. The van der Waals surface area contributed by atoms with Crippen molar-refractivity contribution in [2.45, 2.75) is 88.2 Å². The maximum absolute atomic E-state index is 13.1. The summed E-state index contributed by atoms with van der Waals surface area (Å²) in [6, 6.07) is 3.55. The number of esters is 3. The van der Waals surface area contributed by atoms with Crippen LogP contribution < -0.4 is 4.74 Å². The average Bonchev–Trinajstić information content (AvgIpc) is 3.34.